The second-order valence-electron chi connectivity index (χ2n) is 6.25. The van der Waals surface area contributed by atoms with E-state index >= 15 is 0 Å². The number of fused-ring (bicyclic) bond motifs is 3. The summed E-state index contributed by atoms with van der Waals surface area (Å²) in [5, 5.41) is 13.0. The molecule has 2 N–H and O–H groups in total. The van der Waals surface area contributed by atoms with Crippen molar-refractivity contribution in [2.75, 3.05) is 19.6 Å². The highest BCUT2D eigenvalue weighted by Crippen LogP contribution is 2.33. The third-order valence-corrected chi connectivity index (χ3v) is 5.69. The van der Waals surface area contributed by atoms with Gasteiger partial charge in [-0.2, -0.15) is 0 Å². The summed E-state index contributed by atoms with van der Waals surface area (Å²) in [6.45, 7) is 7.82. The van der Waals surface area contributed by atoms with Gasteiger partial charge in [0.05, 0.1) is 19.6 Å². The van der Waals surface area contributed by atoms with Crippen LogP contribution in [0, 0.1) is 0 Å². The van der Waals surface area contributed by atoms with Crippen molar-refractivity contribution in [2.45, 2.75) is 26.5 Å². The zero-order valence-electron chi connectivity index (χ0n) is 14.0. The maximum Gasteiger partial charge on any atom is 0.121 e. The third kappa shape index (κ3) is 3.54. The molecule has 0 amide bonds. The number of nitrogens with one attached hydrogen (secondary N) is 1. The topological polar surface area (TPSA) is 29.6 Å². The molecule has 0 saturated heterocycles. The van der Waals surface area contributed by atoms with Gasteiger partial charge in [0.1, 0.15) is 12.6 Å². The Bertz CT molecular complexity index is 796. The van der Waals surface area contributed by atoms with Gasteiger partial charge in [-0.1, -0.05) is 31.9 Å². The highest BCUT2D eigenvalue weighted by Gasteiger charge is 2.17. The van der Waals surface area contributed by atoms with Crippen molar-refractivity contribution in [1.82, 2.24) is 4.57 Å². The van der Waals surface area contributed by atoms with E-state index in [1.54, 1.807) is 0 Å². The van der Waals surface area contributed by atoms with E-state index in [2.05, 4.69) is 86.7 Å². The number of quaternary nitrogens is 1. The molecule has 0 radical (unpaired) electrons. The van der Waals surface area contributed by atoms with Gasteiger partial charge in [-0.25, -0.2) is 0 Å². The van der Waals surface area contributed by atoms with Gasteiger partial charge in [0.15, 0.2) is 0 Å². The van der Waals surface area contributed by atoms with Crippen molar-refractivity contribution in [3.05, 3.63) is 45.3 Å². The van der Waals surface area contributed by atoms with Crippen LogP contribution in [0.2, 0.25) is 0 Å². The molecule has 3 aromatic rings. The Kier molecular flexibility index (Phi) is 5.65. The fourth-order valence-electron chi connectivity index (χ4n) is 3.39. The SMILES string of the molecule is CC[NH+](CC)C[C@@H](O)Cn1c2ccc(Br)cc2c2cc(Br)ccc21. The summed E-state index contributed by atoms with van der Waals surface area (Å²) >= 11 is 7.15. The lowest BCUT2D eigenvalue weighted by molar-refractivity contribution is -0.899. The van der Waals surface area contributed by atoms with E-state index in [4.69, 9.17) is 0 Å². The highest BCUT2D eigenvalue weighted by atomic mass is 79.9. The van der Waals surface area contributed by atoms with E-state index in [1.807, 2.05) is 0 Å². The van der Waals surface area contributed by atoms with E-state index in [9.17, 15) is 5.11 Å². The van der Waals surface area contributed by atoms with E-state index in [-0.39, 0.29) is 6.10 Å². The fraction of sp³-hybridized carbons (Fsp3) is 0.368. The molecular formula is C19H23Br2N2O+. The summed E-state index contributed by atoms with van der Waals surface area (Å²) < 4.78 is 4.39. The monoisotopic (exact) mass is 453 g/mol. The van der Waals surface area contributed by atoms with Crippen LogP contribution < -0.4 is 4.90 Å². The first-order valence-corrected chi connectivity index (χ1v) is 10.0. The number of benzene rings is 2. The minimum Gasteiger partial charge on any atom is -0.385 e. The van der Waals surface area contributed by atoms with Crippen molar-refractivity contribution >= 4 is 53.7 Å². The molecule has 3 nitrogen and oxygen atoms in total. The van der Waals surface area contributed by atoms with Crippen LogP contribution in [0.15, 0.2) is 45.3 Å². The van der Waals surface area contributed by atoms with Crippen LogP contribution >= 0.6 is 31.9 Å². The van der Waals surface area contributed by atoms with Crippen LogP contribution in [0.5, 0.6) is 0 Å². The largest absolute Gasteiger partial charge is 0.385 e. The molecule has 0 aliphatic rings. The van der Waals surface area contributed by atoms with Gasteiger partial charge in [0.25, 0.3) is 0 Å². The molecule has 24 heavy (non-hydrogen) atoms. The van der Waals surface area contributed by atoms with Crippen LogP contribution in [0.1, 0.15) is 13.8 Å². The predicted molar refractivity (Wildman–Crippen MR) is 108 cm³/mol. The van der Waals surface area contributed by atoms with E-state index < -0.39 is 0 Å². The number of likely N-dealkylation sites (N-methyl/N-ethyl adjacent to an activating group) is 1. The molecule has 5 heteroatoms. The minimum atomic E-state index is -0.356. The van der Waals surface area contributed by atoms with Gasteiger partial charge in [0, 0.05) is 30.8 Å². The number of hydrogen-bond donors (Lipinski definition) is 2. The molecule has 128 valence electrons. The number of nitrogens with zero attached hydrogens (tertiary/aromatic N) is 1. The van der Waals surface area contributed by atoms with Gasteiger partial charge >= 0.3 is 0 Å². The molecule has 1 aromatic heterocycles. The molecule has 3 rings (SSSR count). The normalized spacial score (nSPS) is 13.2. The first-order chi connectivity index (χ1) is 11.5. The zero-order valence-corrected chi connectivity index (χ0v) is 17.2. The van der Waals surface area contributed by atoms with Crippen LogP contribution in [-0.4, -0.2) is 35.4 Å². The van der Waals surface area contributed by atoms with E-state index in [0.29, 0.717) is 6.54 Å². The Morgan fingerprint density at radius 2 is 1.46 bits per heavy atom. The lowest BCUT2D eigenvalue weighted by Gasteiger charge is -2.20. The Balaban J connectivity index is 2.05. The molecule has 0 fully saturated rings. The van der Waals surface area contributed by atoms with Crippen LogP contribution in [0.25, 0.3) is 21.8 Å². The molecule has 2 aromatic carbocycles. The summed E-state index contributed by atoms with van der Waals surface area (Å²) in [4.78, 5) is 1.42. The molecule has 0 aliphatic heterocycles. The minimum absolute atomic E-state index is 0.356. The number of aliphatic hydroxyl groups is 1. The Hall–Kier alpha value is -0.880. The smallest absolute Gasteiger partial charge is 0.121 e. The van der Waals surface area contributed by atoms with Crippen molar-refractivity contribution in [1.29, 1.82) is 0 Å². The quantitative estimate of drug-likeness (QED) is 0.585. The molecule has 0 unspecified atom stereocenters. The van der Waals surface area contributed by atoms with E-state index in [1.165, 1.54) is 26.7 Å². The van der Waals surface area contributed by atoms with Gasteiger partial charge in [-0.15, -0.1) is 0 Å². The third-order valence-electron chi connectivity index (χ3n) is 4.71. The first kappa shape index (κ1) is 17.9. The van der Waals surface area contributed by atoms with Gasteiger partial charge in [0.2, 0.25) is 0 Å². The van der Waals surface area contributed by atoms with Crippen molar-refractivity contribution in [2.24, 2.45) is 0 Å². The lowest BCUT2D eigenvalue weighted by Crippen LogP contribution is -3.12. The fourth-order valence-corrected chi connectivity index (χ4v) is 4.11. The van der Waals surface area contributed by atoms with Gasteiger partial charge < -0.3 is 14.6 Å². The molecule has 0 aliphatic carbocycles. The Morgan fingerprint density at radius 1 is 0.958 bits per heavy atom. The lowest BCUT2D eigenvalue weighted by atomic mass is 10.2. The first-order valence-electron chi connectivity index (χ1n) is 8.42. The average molecular weight is 455 g/mol. The Labute approximate surface area is 159 Å². The molecule has 0 bridgehead atoms. The van der Waals surface area contributed by atoms with Crippen LogP contribution in [0.4, 0.5) is 0 Å². The molecule has 1 heterocycles. The summed E-state index contributed by atoms with van der Waals surface area (Å²) in [6.07, 6.45) is -0.356. The molecule has 1 atom stereocenters. The second kappa shape index (κ2) is 7.56. The van der Waals surface area contributed by atoms with Crippen molar-refractivity contribution in [3.8, 4) is 0 Å². The average Bonchev–Trinajstić information content (AvgIpc) is 2.85. The van der Waals surface area contributed by atoms with Crippen molar-refractivity contribution in [3.63, 3.8) is 0 Å². The number of aromatic nitrogens is 1. The number of aliphatic hydroxyl groups excluding tert-OH is 1. The zero-order chi connectivity index (χ0) is 17.3. The maximum atomic E-state index is 10.6. The summed E-state index contributed by atoms with van der Waals surface area (Å²) in [7, 11) is 0. The summed E-state index contributed by atoms with van der Waals surface area (Å²) in [5.41, 5.74) is 2.33. The van der Waals surface area contributed by atoms with Gasteiger partial charge in [-0.05, 0) is 50.2 Å². The predicted octanol–water partition coefficient (Wildman–Crippen LogP) is 3.61. The second-order valence-corrected chi connectivity index (χ2v) is 8.08. The molecule has 0 saturated carbocycles. The Morgan fingerprint density at radius 3 is 1.92 bits per heavy atom. The molecular weight excluding hydrogens is 432 g/mol. The highest BCUT2D eigenvalue weighted by molar-refractivity contribution is 9.10. The van der Waals surface area contributed by atoms with Crippen molar-refractivity contribution < 1.29 is 10.0 Å². The summed E-state index contributed by atoms with van der Waals surface area (Å²) in [5.74, 6) is 0. The van der Waals surface area contributed by atoms with Crippen LogP contribution in [-0.2, 0) is 6.54 Å². The van der Waals surface area contributed by atoms with Crippen LogP contribution in [0.3, 0.4) is 0 Å². The number of rotatable bonds is 6. The number of halogens is 2. The maximum absolute atomic E-state index is 10.6. The summed E-state index contributed by atoms with van der Waals surface area (Å²) in [6, 6.07) is 12.7. The number of hydrogen-bond acceptors (Lipinski definition) is 1. The molecule has 0 spiro atoms. The standard InChI is InChI=1S/C19H22Br2N2O/c1-3-22(4-2)11-15(24)12-23-18-7-5-13(20)9-16(18)17-10-14(21)6-8-19(17)23/h5-10,15,24H,3-4,11-12H2,1-2H3/p+1/t15-/m1/s1. The van der Waals surface area contributed by atoms with E-state index in [0.717, 1.165) is 28.6 Å². The van der Waals surface area contributed by atoms with Gasteiger partial charge in [-0.3, -0.25) is 0 Å².